The van der Waals surface area contributed by atoms with Crippen LogP contribution in [0.15, 0.2) is 6.33 Å². The van der Waals surface area contributed by atoms with Crippen molar-refractivity contribution in [1.29, 1.82) is 0 Å². The first kappa shape index (κ1) is 17.3. The molecule has 0 aliphatic carbocycles. The monoisotopic (exact) mass is 344 g/mol. The van der Waals surface area contributed by atoms with Crippen LogP contribution in [-0.4, -0.2) is 62.0 Å². The molecule has 3 atom stereocenters. The smallest absolute Gasteiger partial charge is 0.248 e. The molecule has 0 spiro atoms. The number of aliphatic hydroxyl groups is 2. The molecule has 2 rings (SSSR count). The molecule has 0 fully saturated rings. The largest absolute Gasteiger partial charge is 0.388 e. The van der Waals surface area contributed by atoms with Gasteiger partial charge in [-0.1, -0.05) is 0 Å². The fraction of sp³-hybridized carbons (Fsp3) is 0.500. The number of methoxy groups -OCH3 is 1. The molecule has 2 heterocycles. The Morgan fingerprint density at radius 3 is 2.83 bits per heavy atom. The van der Waals surface area contributed by atoms with E-state index >= 15 is 0 Å². The lowest BCUT2D eigenvalue weighted by atomic mass is 10.1. The van der Waals surface area contributed by atoms with Crippen molar-refractivity contribution in [3.05, 3.63) is 11.6 Å². The van der Waals surface area contributed by atoms with E-state index in [-0.39, 0.29) is 23.2 Å². The number of amides is 1. The quantitative estimate of drug-likeness (QED) is 0.491. The molecule has 0 unspecified atom stereocenters. The summed E-state index contributed by atoms with van der Waals surface area (Å²) >= 11 is 5.79. The topological polar surface area (TPSA) is 148 Å². The van der Waals surface area contributed by atoms with Gasteiger partial charge in [0.1, 0.15) is 17.7 Å². The molecule has 11 heteroatoms. The number of nitrogens with two attached hydrogens (primary N) is 1. The predicted octanol–water partition coefficient (Wildman–Crippen LogP) is -0.935. The molecule has 0 aliphatic rings. The molecule has 0 aromatic carbocycles. The van der Waals surface area contributed by atoms with E-state index in [0.717, 1.165) is 0 Å². The Balaban J connectivity index is 2.32. The second-order valence-corrected chi connectivity index (χ2v) is 5.10. The molecule has 0 aliphatic heterocycles. The van der Waals surface area contributed by atoms with E-state index in [9.17, 15) is 15.0 Å². The average Bonchev–Trinajstić information content (AvgIpc) is 2.91. The fourth-order valence-corrected chi connectivity index (χ4v) is 2.34. The van der Waals surface area contributed by atoms with Crippen LogP contribution < -0.4 is 11.1 Å². The summed E-state index contributed by atoms with van der Waals surface area (Å²) in [5.41, 5.74) is 6.29. The lowest BCUT2D eigenvalue weighted by Crippen LogP contribution is -2.37. The third kappa shape index (κ3) is 3.50. The van der Waals surface area contributed by atoms with Crippen LogP contribution >= 0.6 is 11.6 Å². The molecule has 126 valence electrons. The highest BCUT2D eigenvalue weighted by Gasteiger charge is 2.28. The number of rotatable bonds is 6. The van der Waals surface area contributed by atoms with Crippen molar-refractivity contribution in [2.24, 2.45) is 0 Å². The van der Waals surface area contributed by atoms with E-state index < -0.39 is 24.3 Å². The normalized spacial score (nSPS) is 15.3. The minimum absolute atomic E-state index is 0.0773. The van der Waals surface area contributed by atoms with Crippen LogP contribution in [0.25, 0.3) is 11.2 Å². The SMILES string of the molecule is CNC(=O)[C@@H](O)C[C@@H](O)[C@@H](OC)n1cnc2c(N)nc(Cl)nc21. The zero-order valence-electron chi connectivity index (χ0n) is 12.5. The van der Waals surface area contributed by atoms with E-state index in [1.54, 1.807) is 0 Å². The summed E-state index contributed by atoms with van der Waals surface area (Å²) in [6.45, 7) is 0. The lowest BCUT2D eigenvalue weighted by molar-refractivity contribution is -0.133. The van der Waals surface area contributed by atoms with Crippen LogP contribution in [0.3, 0.4) is 0 Å². The maximum absolute atomic E-state index is 11.4. The van der Waals surface area contributed by atoms with Gasteiger partial charge in [-0.2, -0.15) is 9.97 Å². The molecule has 0 saturated carbocycles. The van der Waals surface area contributed by atoms with Crippen molar-refractivity contribution in [1.82, 2.24) is 24.8 Å². The van der Waals surface area contributed by atoms with Gasteiger partial charge in [-0.05, 0) is 11.6 Å². The van der Waals surface area contributed by atoms with Crippen LogP contribution in [-0.2, 0) is 9.53 Å². The molecule has 2 aromatic heterocycles. The van der Waals surface area contributed by atoms with Crippen molar-refractivity contribution in [3.63, 3.8) is 0 Å². The van der Waals surface area contributed by atoms with Crippen molar-refractivity contribution < 1.29 is 19.7 Å². The number of aromatic nitrogens is 4. The number of carbonyl (C=O) groups excluding carboxylic acids is 1. The zero-order chi connectivity index (χ0) is 17.1. The number of hydrogen-bond donors (Lipinski definition) is 4. The van der Waals surface area contributed by atoms with E-state index in [1.165, 1.54) is 25.1 Å². The summed E-state index contributed by atoms with van der Waals surface area (Å²) in [5, 5.41) is 22.2. The molecule has 2 aromatic rings. The number of likely N-dealkylation sites (N-methyl/N-ethyl adjacent to an activating group) is 1. The first-order valence-electron chi connectivity index (χ1n) is 6.65. The summed E-state index contributed by atoms with van der Waals surface area (Å²) in [6.07, 6.45) is -2.43. The fourth-order valence-electron chi connectivity index (χ4n) is 2.17. The van der Waals surface area contributed by atoms with Crippen molar-refractivity contribution in [2.75, 3.05) is 19.9 Å². The minimum atomic E-state index is -1.38. The maximum Gasteiger partial charge on any atom is 0.248 e. The molecule has 10 nitrogen and oxygen atoms in total. The van der Waals surface area contributed by atoms with Gasteiger partial charge >= 0.3 is 0 Å². The molecular formula is C12H17ClN6O4. The summed E-state index contributed by atoms with van der Waals surface area (Å²) in [5.74, 6) is -0.516. The molecule has 0 bridgehead atoms. The highest BCUT2D eigenvalue weighted by atomic mass is 35.5. The van der Waals surface area contributed by atoms with Gasteiger partial charge in [0.05, 0.1) is 6.33 Å². The highest BCUT2D eigenvalue weighted by Crippen LogP contribution is 2.25. The number of fused-ring (bicyclic) bond motifs is 1. The Hall–Kier alpha value is -2.01. The van der Waals surface area contributed by atoms with Crippen LogP contribution in [0, 0.1) is 0 Å². The Bertz CT molecular complexity index is 708. The van der Waals surface area contributed by atoms with Gasteiger partial charge in [0.15, 0.2) is 17.7 Å². The summed E-state index contributed by atoms with van der Waals surface area (Å²) in [4.78, 5) is 23.2. The van der Waals surface area contributed by atoms with Gasteiger partial charge in [-0.15, -0.1) is 0 Å². The Kier molecular flexibility index (Phi) is 5.31. The summed E-state index contributed by atoms with van der Waals surface area (Å²) in [7, 11) is 2.74. The number of imidazole rings is 1. The zero-order valence-corrected chi connectivity index (χ0v) is 13.2. The molecule has 0 saturated heterocycles. The van der Waals surface area contributed by atoms with E-state index in [2.05, 4.69) is 20.3 Å². The second-order valence-electron chi connectivity index (χ2n) is 4.76. The van der Waals surface area contributed by atoms with E-state index in [1.807, 2.05) is 0 Å². The number of anilines is 1. The van der Waals surface area contributed by atoms with Crippen LogP contribution in [0.2, 0.25) is 5.28 Å². The number of nitrogen functional groups attached to an aromatic ring is 1. The first-order chi connectivity index (χ1) is 10.9. The minimum Gasteiger partial charge on any atom is -0.388 e. The number of nitrogens with one attached hydrogen (secondary N) is 1. The number of carbonyl (C=O) groups is 1. The second kappa shape index (κ2) is 7.04. The Labute approximate surface area is 136 Å². The van der Waals surface area contributed by atoms with Crippen LogP contribution in [0.5, 0.6) is 0 Å². The van der Waals surface area contributed by atoms with Crippen LogP contribution in [0.4, 0.5) is 5.82 Å². The van der Waals surface area contributed by atoms with Crippen molar-refractivity contribution in [2.45, 2.75) is 24.9 Å². The van der Waals surface area contributed by atoms with Gasteiger partial charge in [-0.25, -0.2) is 4.98 Å². The third-order valence-corrected chi connectivity index (χ3v) is 3.45. The van der Waals surface area contributed by atoms with Crippen molar-refractivity contribution >= 4 is 34.5 Å². The molecular weight excluding hydrogens is 328 g/mol. The van der Waals surface area contributed by atoms with Gasteiger partial charge < -0.3 is 26.0 Å². The van der Waals surface area contributed by atoms with Gasteiger partial charge in [0, 0.05) is 20.6 Å². The average molecular weight is 345 g/mol. The number of nitrogens with zero attached hydrogens (tertiary/aromatic N) is 4. The van der Waals surface area contributed by atoms with E-state index in [4.69, 9.17) is 22.1 Å². The highest BCUT2D eigenvalue weighted by molar-refractivity contribution is 6.28. The standard InChI is InChI=1S/C12H17ClN6O4/c1-15-10(22)5(20)3-6(21)11(23-2)19-4-16-7-8(14)17-12(13)18-9(7)19/h4-6,11,20-21H,3H2,1-2H3,(H,15,22)(H2,14,17,18)/t5-,6+,11+/m0/s1. The van der Waals surface area contributed by atoms with Gasteiger partial charge in [0.25, 0.3) is 0 Å². The first-order valence-corrected chi connectivity index (χ1v) is 7.02. The number of halogens is 1. The maximum atomic E-state index is 11.4. The third-order valence-electron chi connectivity index (χ3n) is 3.28. The van der Waals surface area contributed by atoms with Crippen molar-refractivity contribution in [3.8, 4) is 0 Å². The number of hydrogen-bond acceptors (Lipinski definition) is 8. The molecule has 5 N–H and O–H groups in total. The van der Waals surface area contributed by atoms with E-state index in [0.29, 0.717) is 5.52 Å². The summed E-state index contributed by atoms with van der Waals surface area (Å²) in [6, 6.07) is 0. The van der Waals surface area contributed by atoms with Crippen LogP contribution in [0.1, 0.15) is 12.6 Å². The molecule has 0 radical (unpaired) electrons. The Morgan fingerprint density at radius 2 is 2.22 bits per heavy atom. The Morgan fingerprint density at radius 1 is 1.52 bits per heavy atom. The predicted molar refractivity (Wildman–Crippen MR) is 81.5 cm³/mol. The van der Waals surface area contributed by atoms with Gasteiger partial charge in [-0.3, -0.25) is 9.36 Å². The summed E-state index contributed by atoms with van der Waals surface area (Å²) < 4.78 is 6.65. The molecule has 23 heavy (non-hydrogen) atoms. The van der Waals surface area contributed by atoms with Gasteiger partial charge in [0.2, 0.25) is 11.2 Å². The number of aliphatic hydroxyl groups excluding tert-OH is 2. The number of ether oxygens (including phenoxy) is 1. The molecule has 1 amide bonds. The lowest BCUT2D eigenvalue weighted by Gasteiger charge is -2.24.